The molecule has 3 heterocycles. The highest BCUT2D eigenvalue weighted by atomic mass is 15.0. The van der Waals surface area contributed by atoms with Gasteiger partial charge in [0.25, 0.3) is 0 Å². The fourth-order valence-corrected chi connectivity index (χ4v) is 2.52. The van der Waals surface area contributed by atoms with Gasteiger partial charge in [0.1, 0.15) is 5.65 Å². The SMILES string of the molecule is Cc1ccn2cc(-c3ccc4c(c3)ncn4C)nc2c1. The molecule has 0 N–H and O–H groups in total. The third kappa shape index (κ3) is 1.61. The van der Waals surface area contributed by atoms with Gasteiger partial charge < -0.3 is 8.97 Å². The first-order valence-electron chi connectivity index (χ1n) is 6.57. The van der Waals surface area contributed by atoms with E-state index in [1.807, 2.05) is 28.5 Å². The fourth-order valence-electron chi connectivity index (χ4n) is 2.52. The molecule has 0 saturated carbocycles. The van der Waals surface area contributed by atoms with Crippen molar-refractivity contribution in [3.63, 3.8) is 0 Å². The zero-order valence-corrected chi connectivity index (χ0v) is 11.4. The van der Waals surface area contributed by atoms with E-state index >= 15 is 0 Å². The molecule has 3 aromatic heterocycles. The lowest BCUT2D eigenvalue weighted by atomic mass is 10.1. The van der Waals surface area contributed by atoms with Crippen LogP contribution in [0, 0.1) is 6.92 Å². The molecule has 4 rings (SSSR count). The van der Waals surface area contributed by atoms with Crippen molar-refractivity contribution in [3.05, 3.63) is 54.6 Å². The Hall–Kier alpha value is -2.62. The third-order valence-electron chi connectivity index (χ3n) is 3.64. The van der Waals surface area contributed by atoms with Crippen LogP contribution in [0.5, 0.6) is 0 Å². The van der Waals surface area contributed by atoms with Crippen molar-refractivity contribution in [2.45, 2.75) is 6.92 Å². The van der Waals surface area contributed by atoms with Gasteiger partial charge >= 0.3 is 0 Å². The summed E-state index contributed by atoms with van der Waals surface area (Å²) >= 11 is 0. The molecule has 1 aromatic carbocycles. The minimum absolute atomic E-state index is 0.973. The monoisotopic (exact) mass is 262 g/mol. The van der Waals surface area contributed by atoms with Gasteiger partial charge in [-0.2, -0.15) is 0 Å². The second-order valence-corrected chi connectivity index (χ2v) is 5.15. The Kier molecular flexibility index (Phi) is 2.21. The first kappa shape index (κ1) is 11.2. The van der Waals surface area contributed by atoms with Crippen LogP contribution >= 0.6 is 0 Å². The second-order valence-electron chi connectivity index (χ2n) is 5.15. The van der Waals surface area contributed by atoms with E-state index in [0.29, 0.717) is 0 Å². The van der Waals surface area contributed by atoms with Crippen molar-refractivity contribution in [1.29, 1.82) is 0 Å². The average molecular weight is 262 g/mol. The Morgan fingerprint density at radius 3 is 2.90 bits per heavy atom. The summed E-state index contributed by atoms with van der Waals surface area (Å²) in [6.07, 6.45) is 5.93. The van der Waals surface area contributed by atoms with Crippen molar-refractivity contribution in [2.24, 2.45) is 7.05 Å². The first-order chi connectivity index (χ1) is 9.70. The summed E-state index contributed by atoms with van der Waals surface area (Å²) in [7, 11) is 2.00. The van der Waals surface area contributed by atoms with Crippen molar-refractivity contribution in [3.8, 4) is 11.3 Å². The van der Waals surface area contributed by atoms with Crippen LogP contribution in [0.15, 0.2) is 49.1 Å². The van der Waals surface area contributed by atoms with Gasteiger partial charge in [-0.15, -0.1) is 0 Å². The lowest BCUT2D eigenvalue weighted by Gasteiger charge is -1.97. The fraction of sp³-hybridized carbons (Fsp3) is 0.125. The molecule has 0 atom stereocenters. The Morgan fingerprint density at radius 2 is 2.00 bits per heavy atom. The average Bonchev–Trinajstić information content (AvgIpc) is 3.02. The number of hydrogen-bond donors (Lipinski definition) is 0. The van der Waals surface area contributed by atoms with E-state index in [0.717, 1.165) is 27.9 Å². The molecular weight excluding hydrogens is 248 g/mol. The molecule has 98 valence electrons. The van der Waals surface area contributed by atoms with E-state index in [1.54, 1.807) is 0 Å². The maximum atomic E-state index is 4.69. The number of aryl methyl sites for hydroxylation is 2. The van der Waals surface area contributed by atoms with Crippen LogP contribution in [0.4, 0.5) is 0 Å². The number of benzene rings is 1. The van der Waals surface area contributed by atoms with Gasteiger partial charge in [0.05, 0.1) is 23.1 Å². The molecular formula is C16H14N4. The molecule has 0 aliphatic carbocycles. The highest BCUT2D eigenvalue weighted by molar-refractivity contribution is 5.81. The molecule has 0 unspecified atom stereocenters. The van der Waals surface area contributed by atoms with Crippen LogP contribution in [0.2, 0.25) is 0 Å². The summed E-state index contributed by atoms with van der Waals surface area (Å²) in [5, 5.41) is 0. The molecule has 4 heteroatoms. The van der Waals surface area contributed by atoms with Gasteiger partial charge in [-0.25, -0.2) is 9.97 Å². The Balaban J connectivity index is 1.91. The summed E-state index contributed by atoms with van der Waals surface area (Å²) in [6, 6.07) is 10.4. The van der Waals surface area contributed by atoms with Crippen LogP contribution in [0.25, 0.3) is 27.9 Å². The predicted octanol–water partition coefficient (Wildman–Crippen LogP) is 3.20. The molecule has 20 heavy (non-hydrogen) atoms. The summed E-state index contributed by atoms with van der Waals surface area (Å²) < 4.78 is 4.07. The second kappa shape index (κ2) is 3.93. The van der Waals surface area contributed by atoms with E-state index in [1.165, 1.54) is 5.56 Å². The number of imidazole rings is 2. The molecule has 0 aliphatic heterocycles. The number of nitrogens with zero attached hydrogens (tertiary/aromatic N) is 4. The van der Waals surface area contributed by atoms with E-state index in [9.17, 15) is 0 Å². The highest BCUT2D eigenvalue weighted by Gasteiger charge is 2.07. The molecule has 0 aliphatic rings. The van der Waals surface area contributed by atoms with Gasteiger partial charge in [0.15, 0.2) is 0 Å². The largest absolute Gasteiger partial charge is 0.334 e. The molecule has 0 bridgehead atoms. The number of hydrogen-bond acceptors (Lipinski definition) is 2. The summed E-state index contributed by atoms with van der Waals surface area (Å²) in [6.45, 7) is 2.08. The van der Waals surface area contributed by atoms with E-state index in [2.05, 4.69) is 53.4 Å². The lowest BCUT2D eigenvalue weighted by molar-refractivity contribution is 0.948. The molecule has 4 nitrogen and oxygen atoms in total. The summed E-state index contributed by atoms with van der Waals surface area (Å²) in [5.74, 6) is 0. The number of fused-ring (bicyclic) bond motifs is 2. The molecule has 0 radical (unpaired) electrons. The van der Waals surface area contributed by atoms with Gasteiger partial charge in [-0.05, 0) is 36.8 Å². The van der Waals surface area contributed by atoms with Crippen molar-refractivity contribution in [1.82, 2.24) is 18.9 Å². The lowest BCUT2D eigenvalue weighted by Crippen LogP contribution is -1.83. The molecule has 0 amide bonds. The van der Waals surface area contributed by atoms with E-state index in [4.69, 9.17) is 0 Å². The summed E-state index contributed by atoms with van der Waals surface area (Å²) in [5.41, 5.74) is 6.39. The number of rotatable bonds is 1. The van der Waals surface area contributed by atoms with Crippen LogP contribution in [-0.2, 0) is 7.05 Å². The Morgan fingerprint density at radius 1 is 1.10 bits per heavy atom. The molecule has 0 spiro atoms. The van der Waals surface area contributed by atoms with Gasteiger partial charge in [0.2, 0.25) is 0 Å². The molecule has 4 aromatic rings. The summed E-state index contributed by atoms with van der Waals surface area (Å²) in [4.78, 5) is 9.09. The van der Waals surface area contributed by atoms with Crippen LogP contribution in [-0.4, -0.2) is 18.9 Å². The van der Waals surface area contributed by atoms with Gasteiger partial charge in [-0.1, -0.05) is 6.07 Å². The predicted molar refractivity (Wildman–Crippen MR) is 79.6 cm³/mol. The smallest absolute Gasteiger partial charge is 0.137 e. The van der Waals surface area contributed by atoms with Crippen molar-refractivity contribution < 1.29 is 0 Å². The highest BCUT2D eigenvalue weighted by Crippen LogP contribution is 2.23. The zero-order chi connectivity index (χ0) is 13.7. The van der Waals surface area contributed by atoms with Crippen molar-refractivity contribution in [2.75, 3.05) is 0 Å². The Bertz CT molecular complexity index is 930. The quantitative estimate of drug-likeness (QED) is 0.528. The van der Waals surface area contributed by atoms with Gasteiger partial charge in [0, 0.05) is 25.0 Å². The zero-order valence-electron chi connectivity index (χ0n) is 11.4. The van der Waals surface area contributed by atoms with Crippen LogP contribution in [0.3, 0.4) is 0 Å². The topological polar surface area (TPSA) is 35.1 Å². The van der Waals surface area contributed by atoms with Crippen molar-refractivity contribution >= 4 is 16.7 Å². The standard InChI is InChI=1S/C16H14N4/c1-11-5-6-20-9-14(18-16(20)7-11)12-3-4-15-13(8-12)17-10-19(15)2/h3-10H,1-2H3. The minimum atomic E-state index is 0.973. The van der Waals surface area contributed by atoms with Crippen LogP contribution < -0.4 is 0 Å². The maximum Gasteiger partial charge on any atom is 0.137 e. The molecule has 0 saturated heterocycles. The van der Waals surface area contributed by atoms with Crippen LogP contribution in [0.1, 0.15) is 5.56 Å². The minimum Gasteiger partial charge on any atom is -0.334 e. The van der Waals surface area contributed by atoms with Gasteiger partial charge in [-0.3, -0.25) is 0 Å². The number of pyridine rings is 1. The van der Waals surface area contributed by atoms with E-state index in [-0.39, 0.29) is 0 Å². The third-order valence-corrected chi connectivity index (χ3v) is 3.64. The molecule has 0 fully saturated rings. The number of aromatic nitrogens is 4. The van der Waals surface area contributed by atoms with E-state index < -0.39 is 0 Å². The Labute approximate surface area is 116 Å². The normalized spacial score (nSPS) is 11.5. The maximum absolute atomic E-state index is 4.69. The first-order valence-corrected chi connectivity index (χ1v) is 6.57.